The second kappa shape index (κ2) is 10.6. The van der Waals surface area contributed by atoms with Gasteiger partial charge in [-0.1, -0.05) is 30.3 Å². The van der Waals surface area contributed by atoms with Gasteiger partial charge in [0.15, 0.2) is 11.8 Å². The number of aliphatic imine (C=N–C) groups is 1. The number of rotatable bonds is 6. The van der Waals surface area contributed by atoms with E-state index in [4.69, 9.17) is 4.99 Å². The van der Waals surface area contributed by atoms with Crippen LogP contribution in [0.3, 0.4) is 0 Å². The zero-order valence-corrected chi connectivity index (χ0v) is 19.9. The maximum absolute atomic E-state index is 4.81. The Morgan fingerprint density at radius 1 is 1.18 bits per heavy atom. The van der Waals surface area contributed by atoms with Gasteiger partial charge in [0.2, 0.25) is 0 Å². The van der Waals surface area contributed by atoms with E-state index in [2.05, 4.69) is 76.2 Å². The molecule has 0 saturated carbocycles. The topological polar surface area (TPSA) is 58.3 Å². The number of hydrogen-bond donors (Lipinski definition) is 1. The van der Waals surface area contributed by atoms with Gasteiger partial charge in [-0.3, -0.25) is 0 Å². The molecule has 3 rings (SSSR count). The average molecular weight is 510 g/mol. The predicted octanol–water partition coefficient (Wildman–Crippen LogP) is 3.89. The van der Waals surface area contributed by atoms with Crippen molar-refractivity contribution in [3.8, 4) is 0 Å². The first kappa shape index (κ1) is 22.4. The zero-order chi connectivity index (χ0) is 19.2. The van der Waals surface area contributed by atoms with Crippen molar-refractivity contribution in [2.24, 2.45) is 12.0 Å². The third-order valence-corrected chi connectivity index (χ3v) is 5.46. The number of thiophene rings is 1. The van der Waals surface area contributed by atoms with E-state index >= 15 is 0 Å². The SMILES string of the molecule is Cc1ccccc1CN(C)C(=NCc1nnc(C)n1C)NCc1cccs1.I. The highest BCUT2D eigenvalue weighted by Gasteiger charge is 2.11. The van der Waals surface area contributed by atoms with E-state index in [1.165, 1.54) is 16.0 Å². The van der Waals surface area contributed by atoms with Crippen molar-refractivity contribution < 1.29 is 0 Å². The Kier molecular flexibility index (Phi) is 8.43. The van der Waals surface area contributed by atoms with Crippen molar-refractivity contribution in [2.45, 2.75) is 33.5 Å². The summed E-state index contributed by atoms with van der Waals surface area (Å²) in [7, 11) is 4.03. The van der Waals surface area contributed by atoms with E-state index in [0.29, 0.717) is 6.54 Å². The van der Waals surface area contributed by atoms with Crippen LogP contribution >= 0.6 is 35.3 Å². The fourth-order valence-corrected chi connectivity index (χ4v) is 3.39. The van der Waals surface area contributed by atoms with Crippen molar-refractivity contribution in [3.63, 3.8) is 0 Å². The summed E-state index contributed by atoms with van der Waals surface area (Å²) in [5.74, 6) is 2.60. The molecule has 0 bridgehead atoms. The molecule has 6 nitrogen and oxygen atoms in total. The molecule has 0 unspecified atom stereocenters. The summed E-state index contributed by atoms with van der Waals surface area (Å²) in [5, 5.41) is 13.9. The number of nitrogens with one attached hydrogen (secondary N) is 1. The van der Waals surface area contributed by atoms with Crippen LogP contribution in [0.4, 0.5) is 0 Å². The van der Waals surface area contributed by atoms with Gasteiger partial charge in [0.25, 0.3) is 0 Å². The van der Waals surface area contributed by atoms with Crippen molar-refractivity contribution in [1.82, 2.24) is 25.0 Å². The first-order valence-electron chi connectivity index (χ1n) is 8.96. The Labute approximate surface area is 187 Å². The maximum atomic E-state index is 4.81. The first-order valence-corrected chi connectivity index (χ1v) is 9.83. The number of guanidine groups is 1. The van der Waals surface area contributed by atoms with Gasteiger partial charge in [0.1, 0.15) is 12.4 Å². The van der Waals surface area contributed by atoms with E-state index < -0.39 is 0 Å². The minimum atomic E-state index is 0. The molecule has 0 radical (unpaired) electrons. The summed E-state index contributed by atoms with van der Waals surface area (Å²) in [4.78, 5) is 8.24. The highest BCUT2D eigenvalue weighted by atomic mass is 127. The van der Waals surface area contributed by atoms with Crippen LogP contribution in [0.15, 0.2) is 46.8 Å². The molecule has 0 aliphatic rings. The van der Waals surface area contributed by atoms with Crippen LogP contribution in [0.5, 0.6) is 0 Å². The van der Waals surface area contributed by atoms with Gasteiger partial charge in [-0.25, -0.2) is 4.99 Å². The molecular formula is C20H27IN6S. The van der Waals surface area contributed by atoms with E-state index in [-0.39, 0.29) is 24.0 Å². The Morgan fingerprint density at radius 2 is 1.96 bits per heavy atom. The smallest absolute Gasteiger partial charge is 0.194 e. The highest BCUT2D eigenvalue weighted by Crippen LogP contribution is 2.11. The highest BCUT2D eigenvalue weighted by molar-refractivity contribution is 14.0. The van der Waals surface area contributed by atoms with Crippen molar-refractivity contribution in [1.29, 1.82) is 0 Å². The normalized spacial score (nSPS) is 11.2. The molecule has 1 aromatic carbocycles. The van der Waals surface area contributed by atoms with Gasteiger partial charge in [-0.15, -0.1) is 45.5 Å². The predicted molar refractivity (Wildman–Crippen MR) is 126 cm³/mol. The third kappa shape index (κ3) is 5.78. The van der Waals surface area contributed by atoms with E-state index in [0.717, 1.165) is 30.7 Å². The number of halogens is 1. The van der Waals surface area contributed by atoms with Gasteiger partial charge in [0, 0.05) is 25.5 Å². The molecule has 0 saturated heterocycles. The van der Waals surface area contributed by atoms with E-state index in [1.54, 1.807) is 11.3 Å². The molecule has 3 aromatic rings. The fraction of sp³-hybridized carbons (Fsp3) is 0.350. The van der Waals surface area contributed by atoms with Crippen LogP contribution in [0, 0.1) is 13.8 Å². The van der Waals surface area contributed by atoms with Gasteiger partial charge >= 0.3 is 0 Å². The molecule has 0 atom stereocenters. The van der Waals surface area contributed by atoms with Gasteiger partial charge in [-0.05, 0) is 36.4 Å². The van der Waals surface area contributed by atoms with Gasteiger partial charge < -0.3 is 14.8 Å². The lowest BCUT2D eigenvalue weighted by Gasteiger charge is -2.23. The van der Waals surface area contributed by atoms with E-state index in [1.807, 2.05) is 18.5 Å². The monoisotopic (exact) mass is 510 g/mol. The average Bonchev–Trinajstić information content (AvgIpc) is 3.28. The molecule has 0 fully saturated rings. The van der Waals surface area contributed by atoms with Crippen molar-refractivity contribution in [2.75, 3.05) is 7.05 Å². The van der Waals surface area contributed by atoms with E-state index in [9.17, 15) is 0 Å². The Morgan fingerprint density at radius 3 is 2.61 bits per heavy atom. The van der Waals surface area contributed by atoms with Crippen LogP contribution in [0.2, 0.25) is 0 Å². The molecule has 1 N–H and O–H groups in total. The second-order valence-corrected chi connectivity index (χ2v) is 7.61. The van der Waals surface area contributed by atoms with Gasteiger partial charge in [0.05, 0.1) is 6.54 Å². The Hall–Kier alpha value is -1.94. The summed E-state index contributed by atoms with van der Waals surface area (Å²) < 4.78 is 1.97. The van der Waals surface area contributed by atoms with Crippen LogP contribution in [-0.2, 0) is 26.7 Å². The largest absolute Gasteiger partial charge is 0.351 e. The number of hydrogen-bond acceptors (Lipinski definition) is 4. The molecule has 150 valence electrons. The third-order valence-electron chi connectivity index (χ3n) is 4.58. The zero-order valence-electron chi connectivity index (χ0n) is 16.7. The minimum Gasteiger partial charge on any atom is -0.351 e. The summed E-state index contributed by atoms with van der Waals surface area (Å²) >= 11 is 1.74. The summed E-state index contributed by atoms with van der Waals surface area (Å²) in [5.41, 5.74) is 2.58. The quantitative estimate of drug-likeness (QED) is 0.311. The molecular weight excluding hydrogens is 483 g/mol. The molecule has 2 heterocycles. The summed E-state index contributed by atoms with van der Waals surface area (Å²) in [6, 6.07) is 12.6. The molecule has 0 aliphatic carbocycles. The number of aromatic nitrogens is 3. The van der Waals surface area contributed by atoms with Crippen LogP contribution in [0.1, 0.15) is 27.7 Å². The van der Waals surface area contributed by atoms with Crippen molar-refractivity contribution in [3.05, 3.63) is 69.4 Å². The molecule has 0 spiro atoms. The lowest BCUT2D eigenvalue weighted by molar-refractivity contribution is 0.473. The first-order chi connectivity index (χ1) is 13.0. The van der Waals surface area contributed by atoms with Crippen LogP contribution < -0.4 is 5.32 Å². The lowest BCUT2D eigenvalue weighted by atomic mass is 10.1. The number of aryl methyl sites for hydroxylation is 2. The maximum Gasteiger partial charge on any atom is 0.194 e. The standard InChI is InChI=1S/C20H26N6S.HI/c1-15-8-5-6-9-17(15)14-25(3)20(21-12-18-10-7-11-27-18)22-13-19-24-23-16(2)26(19)4;/h5-11H,12-14H2,1-4H3,(H,21,22);1H. The van der Waals surface area contributed by atoms with Crippen LogP contribution in [0.25, 0.3) is 0 Å². The molecule has 8 heteroatoms. The summed E-state index contributed by atoms with van der Waals surface area (Å²) in [6.45, 7) is 6.12. The Bertz CT molecular complexity index is 903. The fourth-order valence-electron chi connectivity index (χ4n) is 2.74. The molecule has 28 heavy (non-hydrogen) atoms. The number of nitrogens with zero attached hydrogens (tertiary/aromatic N) is 5. The lowest BCUT2D eigenvalue weighted by Crippen LogP contribution is -2.38. The van der Waals surface area contributed by atoms with Crippen LogP contribution in [-0.4, -0.2) is 32.7 Å². The molecule has 0 amide bonds. The minimum absolute atomic E-state index is 0. The van der Waals surface area contributed by atoms with Crippen molar-refractivity contribution >= 4 is 41.3 Å². The molecule has 0 aliphatic heterocycles. The summed E-state index contributed by atoms with van der Waals surface area (Å²) in [6.07, 6.45) is 0. The Balaban J connectivity index is 0.00000280. The van der Waals surface area contributed by atoms with Gasteiger partial charge in [-0.2, -0.15) is 0 Å². The number of benzene rings is 1. The second-order valence-electron chi connectivity index (χ2n) is 6.58. The molecule has 2 aromatic heterocycles.